The van der Waals surface area contributed by atoms with Gasteiger partial charge >= 0.3 is 134 Å². The summed E-state index contributed by atoms with van der Waals surface area (Å²) in [6.45, 7) is 7.02. The van der Waals surface area contributed by atoms with Crippen LogP contribution in [0.15, 0.2) is 12.1 Å². The van der Waals surface area contributed by atoms with E-state index in [1.165, 1.54) is 38.5 Å². The molecule has 1 heterocycles. The number of unbranched alkanes of at least 4 members (excludes halogenated alkanes) is 3. The van der Waals surface area contributed by atoms with Crippen LogP contribution in [0.3, 0.4) is 0 Å². The standard InChI is InChI=1S/C5H5OS.3C4H9.Sn/c1-6-5-3-2-4-7-5;3*1-3-4-2;/h2-3H,1H3;3*1,3-4H2,2H3;. The Labute approximate surface area is 134 Å². The summed E-state index contributed by atoms with van der Waals surface area (Å²) in [5.74, 6) is 0. The Morgan fingerprint density at radius 3 is 1.75 bits per heavy atom. The van der Waals surface area contributed by atoms with E-state index in [1.54, 1.807) is 23.3 Å². The van der Waals surface area contributed by atoms with E-state index in [0.29, 0.717) is 0 Å². The molecular weight excluding hydrogens is 371 g/mol. The number of hydrogen-bond donors (Lipinski definition) is 0. The first-order valence-electron chi connectivity index (χ1n) is 8.36. The number of thiophene rings is 1. The van der Waals surface area contributed by atoms with Gasteiger partial charge in [0.05, 0.1) is 0 Å². The number of hydrogen-bond acceptors (Lipinski definition) is 2. The van der Waals surface area contributed by atoms with Gasteiger partial charge in [-0.05, 0) is 0 Å². The van der Waals surface area contributed by atoms with Crippen molar-refractivity contribution in [2.45, 2.75) is 72.6 Å². The summed E-state index contributed by atoms with van der Waals surface area (Å²) in [5, 5.41) is 1.12. The van der Waals surface area contributed by atoms with Crippen molar-refractivity contribution in [1.82, 2.24) is 0 Å². The molecule has 0 saturated heterocycles. The minimum atomic E-state index is -2.16. The molecule has 0 aromatic carbocycles. The van der Waals surface area contributed by atoms with E-state index in [4.69, 9.17) is 4.74 Å². The van der Waals surface area contributed by atoms with Gasteiger partial charge in [-0.3, -0.25) is 0 Å². The summed E-state index contributed by atoms with van der Waals surface area (Å²) in [4.78, 5) is 0. The third kappa shape index (κ3) is 5.25. The molecule has 0 aliphatic carbocycles. The second kappa shape index (κ2) is 10.1. The van der Waals surface area contributed by atoms with Crippen molar-refractivity contribution >= 4 is 32.6 Å². The summed E-state index contributed by atoms with van der Waals surface area (Å²) in [7, 11) is 1.80. The van der Waals surface area contributed by atoms with E-state index in [-0.39, 0.29) is 0 Å². The van der Waals surface area contributed by atoms with Gasteiger partial charge < -0.3 is 0 Å². The Balaban J connectivity index is 2.97. The monoisotopic (exact) mass is 404 g/mol. The van der Waals surface area contributed by atoms with Crippen LogP contribution >= 0.6 is 11.3 Å². The first-order valence-corrected chi connectivity index (χ1v) is 16.7. The van der Waals surface area contributed by atoms with E-state index in [1.807, 2.05) is 11.3 Å². The van der Waals surface area contributed by atoms with Crippen molar-refractivity contribution in [3.8, 4) is 5.06 Å². The maximum atomic E-state index is 5.46. The Morgan fingerprint density at radius 2 is 1.40 bits per heavy atom. The molecule has 0 N–H and O–H groups in total. The summed E-state index contributed by atoms with van der Waals surface area (Å²) in [5.41, 5.74) is 0. The fourth-order valence-electron chi connectivity index (χ4n) is 3.00. The molecule has 1 aromatic heterocycles. The predicted octanol–water partition coefficient (Wildman–Crippen LogP) is 5.81. The van der Waals surface area contributed by atoms with E-state index < -0.39 is 18.4 Å². The van der Waals surface area contributed by atoms with Crippen molar-refractivity contribution in [2.75, 3.05) is 7.11 Å². The molecule has 3 heteroatoms. The molecule has 0 saturated carbocycles. The normalized spacial score (nSPS) is 11.8. The number of methoxy groups -OCH3 is 1. The van der Waals surface area contributed by atoms with Crippen molar-refractivity contribution in [1.29, 1.82) is 0 Å². The molecule has 0 aliphatic heterocycles. The van der Waals surface area contributed by atoms with Gasteiger partial charge in [0.15, 0.2) is 0 Å². The topological polar surface area (TPSA) is 9.23 Å². The van der Waals surface area contributed by atoms with Gasteiger partial charge in [0.25, 0.3) is 0 Å². The Bertz CT molecular complexity index is 340. The van der Waals surface area contributed by atoms with Gasteiger partial charge in [-0.25, -0.2) is 0 Å². The van der Waals surface area contributed by atoms with Gasteiger partial charge in [0, 0.05) is 0 Å². The Morgan fingerprint density at radius 1 is 0.900 bits per heavy atom. The predicted molar refractivity (Wildman–Crippen MR) is 95.4 cm³/mol. The third-order valence-electron chi connectivity index (χ3n) is 4.33. The summed E-state index contributed by atoms with van der Waals surface area (Å²) in [6, 6.07) is 4.62. The molecule has 0 radical (unpaired) electrons. The van der Waals surface area contributed by atoms with Crippen LogP contribution < -0.4 is 7.63 Å². The van der Waals surface area contributed by atoms with E-state index in [2.05, 4.69) is 32.9 Å². The molecule has 0 spiro atoms. The molecular formula is C17H32OSSn. The fraction of sp³-hybridized carbons (Fsp3) is 0.765. The zero-order chi connectivity index (χ0) is 14.8. The Hall–Kier alpha value is 0.299. The molecule has 20 heavy (non-hydrogen) atoms. The van der Waals surface area contributed by atoms with Crippen molar-refractivity contribution in [2.24, 2.45) is 0 Å². The zero-order valence-electron chi connectivity index (χ0n) is 13.8. The molecule has 0 atom stereocenters. The maximum absolute atomic E-state index is 5.46. The molecule has 0 amide bonds. The minimum absolute atomic E-state index is 1.12. The number of rotatable bonds is 11. The number of ether oxygens (including phenoxy) is 1. The Kier molecular flexibility index (Phi) is 9.26. The van der Waals surface area contributed by atoms with Crippen molar-refractivity contribution < 1.29 is 4.74 Å². The van der Waals surface area contributed by atoms with Crippen LogP contribution in [-0.2, 0) is 0 Å². The first-order chi connectivity index (χ1) is 9.72. The average Bonchev–Trinajstić information content (AvgIpc) is 2.96. The summed E-state index contributed by atoms with van der Waals surface area (Å²) in [6.07, 6.45) is 8.34. The zero-order valence-corrected chi connectivity index (χ0v) is 17.5. The van der Waals surface area contributed by atoms with Crippen LogP contribution in [0, 0.1) is 0 Å². The van der Waals surface area contributed by atoms with Crippen LogP contribution in [0.4, 0.5) is 0 Å². The van der Waals surface area contributed by atoms with Crippen LogP contribution in [-0.4, -0.2) is 25.5 Å². The summed E-state index contributed by atoms with van der Waals surface area (Å²) >= 11 is -0.198. The molecule has 1 aromatic rings. The van der Waals surface area contributed by atoms with Crippen LogP contribution in [0.1, 0.15) is 59.3 Å². The second-order valence-electron chi connectivity index (χ2n) is 5.91. The fourth-order valence-corrected chi connectivity index (χ4v) is 22.9. The molecule has 116 valence electrons. The second-order valence-corrected chi connectivity index (χ2v) is 21.1. The van der Waals surface area contributed by atoms with Crippen molar-refractivity contribution in [3.63, 3.8) is 0 Å². The molecule has 0 unspecified atom stereocenters. The van der Waals surface area contributed by atoms with E-state index >= 15 is 0 Å². The molecule has 1 rings (SSSR count). The average molecular weight is 403 g/mol. The summed E-state index contributed by atoms with van der Waals surface area (Å²) < 4.78 is 11.9. The van der Waals surface area contributed by atoms with Crippen LogP contribution in [0.25, 0.3) is 0 Å². The first kappa shape index (κ1) is 18.3. The SMILES string of the molecule is CCC[CH2][Sn]([CH2]CCC)([CH2]CCC)[c]1ccc(OC)s1. The van der Waals surface area contributed by atoms with E-state index in [0.717, 1.165) is 5.06 Å². The van der Waals surface area contributed by atoms with Crippen molar-refractivity contribution in [3.05, 3.63) is 12.1 Å². The van der Waals surface area contributed by atoms with Gasteiger partial charge in [0.2, 0.25) is 0 Å². The molecule has 0 fully saturated rings. The van der Waals surface area contributed by atoms with Gasteiger partial charge in [-0.15, -0.1) is 0 Å². The van der Waals surface area contributed by atoms with Crippen LogP contribution in [0.2, 0.25) is 13.3 Å². The quantitative estimate of drug-likeness (QED) is 0.424. The van der Waals surface area contributed by atoms with Crippen LogP contribution in [0.5, 0.6) is 5.06 Å². The van der Waals surface area contributed by atoms with E-state index in [9.17, 15) is 0 Å². The molecule has 0 bridgehead atoms. The van der Waals surface area contributed by atoms with Gasteiger partial charge in [-0.1, -0.05) is 0 Å². The van der Waals surface area contributed by atoms with Gasteiger partial charge in [-0.2, -0.15) is 0 Å². The molecule has 1 nitrogen and oxygen atoms in total. The van der Waals surface area contributed by atoms with Gasteiger partial charge in [0.1, 0.15) is 0 Å². The molecule has 0 aliphatic rings. The third-order valence-corrected chi connectivity index (χ3v) is 23.7.